The normalized spacial score (nSPS) is 28.1. The van der Waals surface area contributed by atoms with Gasteiger partial charge >= 0.3 is 0 Å². The van der Waals surface area contributed by atoms with Crippen molar-refractivity contribution in [2.24, 2.45) is 0 Å². The number of benzene rings is 1. The summed E-state index contributed by atoms with van der Waals surface area (Å²) in [4.78, 5) is 1.06. The van der Waals surface area contributed by atoms with Gasteiger partial charge in [-0.3, -0.25) is 4.21 Å². The lowest BCUT2D eigenvalue weighted by atomic mass is 10.0. The Morgan fingerprint density at radius 3 is 2.88 bits per heavy atom. The van der Waals surface area contributed by atoms with Gasteiger partial charge in [-0.05, 0) is 37.9 Å². The fourth-order valence-electron chi connectivity index (χ4n) is 2.33. The van der Waals surface area contributed by atoms with Gasteiger partial charge in [-0.25, -0.2) is 0 Å². The molecule has 1 aliphatic heterocycles. The molecule has 0 radical (unpaired) electrons. The standard InChI is InChI=1S/C13H19NOS/c1-4-8-14-12-10(3)16(15)13-9(2)6-5-7-11(12)13/h5-7,10,12,14H,4,8H2,1-3H3. The third kappa shape index (κ3) is 1.82. The highest BCUT2D eigenvalue weighted by Crippen LogP contribution is 2.37. The van der Waals surface area contributed by atoms with E-state index < -0.39 is 10.8 Å². The van der Waals surface area contributed by atoms with Gasteiger partial charge in [-0.2, -0.15) is 0 Å². The summed E-state index contributed by atoms with van der Waals surface area (Å²) >= 11 is 0. The fourth-order valence-corrected chi connectivity index (χ4v) is 4.01. The maximum absolute atomic E-state index is 12.3. The van der Waals surface area contributed by atoms with Crippen molar-refractivity contribution in [2.75, 3.05) is 6.54 Å². The van der Waals surface area contributed by atoms with Gasteiger partial charge in [-0.1, -0.05) is 25.1 Å². The predicted molar refractivity (Wildman–Crippen MR) is 68.1 cm³/mol. The average molecular weight is 237 g/mol. The highest BCUT2D eigenvalue weighted by Gasteiger charge is 2.35. The predicted octanol–water partition coefficient (Wildman–Crippen LogP) is 2.55. The van der Waals surface area contributed by atoms with E-state index in [9.17, 15) is 4.21 Å². The van der Waals surface area contributed by atoms with E-state index in [4.69, 9.17) is 0 Å². The maximum atomic E-state index is 12.3. The van der Waals surface area contributed by atoms with Crippen LogP contribution in [0.5, 0.6) is 0 Å². The molecule has 1 heterocycles. The van der Waals surface area contributed by atoms with Gasteiger partial charge in [0.15, 0.2) is 0 Å². The van der Waals surface area contributed by atoms with Crippen molar-refractivity contribution in [1.29, 1.82) is 0 Å². The van der Waals surface area contributed by atoms with E-state index in [0.29, 0.717) is 0 Å². The Labute approximate surface area is 99.9 Å². The first-order chi connectivity index (χ1) is 7.66. The second-order valence-corrected chi connectivity index (χ2v) is 6.17. The molecule has 3 heteroatoms. The minimum absolute atomic E-state index is 0.183. The molecule has 0 amide bonds. The second kappa shape index (κ2) is 4.68. The Hall–Kier alpha value is -0.670. The van der Waals surface area contributed by atoms with Crippen molar-refractivity contribution in [3.8, 4) is 0 Å². The zero-order chi connectivity index (χ0) is 11.7. The number of rotatable bonds is 3. The first-order valence-corrected chi connectivity index (χ1v) is 7.11. The fraction of sp³-hybridized carbons (Fsp3) is 0.538. The monoisotopic (exact) mass is 237 g/mol. The lowest BCUT2D eigenvalue weighted by Crippen LogP contribution is -2.28. The second-order valence-electron chi connectivity index (χ2n) is 4.43. The number of nitrogens with one attached hydrogen (secondary N) is 1. The van der Waals surface area contributed by atoms with Gasteiger partial charge in [-0.15, -0.1) is 0 Å². The van der Waals surface area contributed by atoms with Crippen molar-refractivity contribution in [3.05, 3.63) is 29.3 Å². The van der Waals surface area contributed by atoms with E-state index in [1.165, 1.54) is 5.56 Å². The van der Waals surface area contributed by atoms with Crippen molar-refractivity contribution in [2.45, 2.75) is 43.4 Å². The summed E-state index contributed by atoms with van der Waals surface area (Å²) in [5.41, 5.74) is 2.39. The first kappa shape index (κ1) is 11.8. The zero-order valence-electron chi connectivity index (χ0n) is 10.1. The summed E-state index contributed by atoms with van der Waals surface area (Å²) in [6.45, 7) is 7.26. The van der Waals surface area contributed by atoms with E-state index in [-0.39, 0.29) is 11.3 Å². The molecule has 0 saturated heterocycles. The Kier molecular flexibility index (Phi) is 3.45. The molecule has 88 valence electrons. The molecule has 0 fully saturated rings. The summed E-state index contributed by atoms with van der Waals surface area (Å²) in [5.74, 6) is 0. The molecule has 1 aromatic carbocycles. The van der Waals surface area contributed by atoms with Crippen LogP contribution >= 0.6 is 0 Å². The number of hydrogen-bond acceptors (Lipinski definition) is 2. The van der Waals surface area contributed by atoms with E-state index in [2.05, 4.69) is 31.3 Å². The summed E-state index contributed by atoms with van der Waals surface area (Å²) in [7, 11) is -0.850. The smallest absolute Gasteiger partial charge is 0.0583 e. The van der Waals surface area contributed by atoms with E-state index >= 15 is 0 Å². The molecule has 2 nitrogen and oxygen atoms in total. The van der Waals surface area contributed by atoms with Gasteiger partial charge in [0, 0.05) is 10.9 Å². The molecule has 0 saturated carbocycles. The van der Waals surface area contributed by atoms with Crippen molar-refractivity contribution in [3.63, 3.8) is 0 Å². The first-order valence-electron chi connectivity index (χ1n) is 5.90. The van der Waals surface area contributed by atoms with Crippen LogP contribution in [-0.2, 0) is 10.8 Å². The number of aryl methyl sites for hydroxylation is 1. The van der Waals surface area contributed by atoms with E-state index in [0.717, 1.165) is 23.4 Å². The topological polar surface area (TPSA) is 29.1 Å². The van der Waals surface area contributed by atoms with Crippen LogP contribution in [0, 0.1) is 6.92 Å². The van der Waals surface area contributed by atoms with Gasteiger partial charge in [0.1, 0.15) is 0 Å². The molecule has 3 unspecified atom stereocenters. The molecular weight excluding hydrogens is 218 g/mol. The highest BCUT2D eigenvalue weighted by molar-refractivity contribution is 7.86. The lowest BCUT2D eigenvalue weighted by molar-refractivity contribution is 0.527. The molecule has 16 heavy (non-hydrogen) atoms. The molecule has 2 rings (SSSR count). The van der Waals surface area contributed by atoms with E-state index in [1.807, 2.05) is 13.0 Å². The Bertz CT molecular complexity index is 416. The molecular formula is C13H19NOS. The van der Waals surface area contributed by atoms with Crippen LogP contribution in [0.15, 0.2) is 23.1 Å². The molecule has 0 aliphatic carbocycles. The van der Waals surface area contributed by atoms with Crippen LogP contribution < -0.4 is 5.32 Å². The SMILES string of the molecule is CCCNC1c2cccc(C)c2S(=O)C1C. The molecule has 0 bridgehead atoms. The zero-order valence-corrected chi connectivity index (χ0v) is 10.9. The van der Waals surface area contributed by atoms with Gasteiger partial charge < -0.3 is 5.32 Å². The summed E-state index contributed by atoms with van der Waals surface area (Å²) in [6.07, 6.45) is 1.11. The summed E-state index contributed by atoms with van der Waals surface area (Å²) < 4.78 is 12.3. The van der Waals surface area contributed by atoms with Gasteiger partial charge in [0.25, 0.3) is 0 Å². The van der Waals surface area contributed by atoms with Crippen LogP contribution in [0.3, 0.4) is 0 Å². The highest BCUT2D eigenvalue weighted by atomic mass is 32.2. The molecule has 1 aromatic rings. The molecule has 0 aromatic heterocycles. The third-order valence-electron chi connectivity index (χ3n) is 3.20. The van der Waals surface area contributed by atoms with Gasteiger partial charge in [0.2, 0.25) is 0 Å². The Morgan fingerprint density at radius 2 is 2.19 bits per heavy atom. The molecule has 0 spiro atoms. The summed E-state index contributed by atoms with van der Waals surface area (Å²) in [6, 6.07) is 6.47. The molecule has 1 N–H and O–H groups in total. The molecule has 1 aliphatic rings. The Morgan fingerprint density at radius 1 is 1.44 bits per heavy atom. The quantitative estimate of drug-likeness (QED) is 0.875. The van der Waals surface area contributed by atoms with Crippen molar-refractivity contribution < 1.29 is 4.21 Å². The number of fused-ring (bicyclic) bond motifs is 1. The Balaban J connectivity index is 2.38. The minimum Gasteiger partial charge on any atom is -0.309 e. The van der Waals surface area contributed by atoms with E-state index in [1.54, 1.807) is 0 Å². The average Bonchev–Trinajstić information content (AvgIpc) is 2.51. The third-order valence-corrected chi connectivity index (χ3v) is 5.11. The van der Waals surface area contributed by atoms with Crippen LogP contribution in [0.25, 0.3) is 0 Å². The lowest BCUT2D eigenvalue weighted by Gasteiger charge is -2.16. The summed E-state index contributed by atoms with van der Waals surface area (Å²) in [5, 5.41) is 3.68. The van der Waals surface area contributed by atoms with Crippen molar-refractivity contribution >= 4 is 10.8 Å². The van der Waals surface area contributed by atoms with Crippen LogP contribution in [0.2, 0.25) is 0 Å². The van der Waals surface area contributed by atoms with Crippen molar-refractivity contribution in [1.82, 2.24) is 5.32 Å². The van der Waals surface area contributed by atoms with Gasteiger partial charge in [0.05, 0.1) is 16.0 Å². The molecule has 3 atom stereocenters. The maximum Gasteiger partial charge on any atom is 0.0583 e. The number of hydrogen-bond donors (Lipinski definition) is 1. The van der Waals surface area contributed by atoms with Crippen LogP contribution in [0.1, 0.15) is 37.4 Å². The largest absolute Gasteiger partial charge is 0.309 e. The van der Waals surface area contributed by atoms with Crippen LogP contribution in [0.4, 0.5) is 0 Å². The minimum atomic E-state index is -0.850. The van der Waals surface area contributed by atoms with Crippen LogP contribution in [-0.4, -0.2) is 16.0 Å².